The van der Waals surface area contributed by atoms with Crippen molar-refractivity contribution in [1.29, 1.82) is 0 Å². The van der Waals surface area contributed by atoms with Crippen molar-refractivity contribution in [1.82, 2.24) is 14.3 Å². The lowest BCUT2D eigenvalue weighted by Crippen LogP contribution is -2.25. The third kappa shape index (κ3) is 3.07. The maximum absolute atomic E-state index is 11.1. The second-order valence-electron chi connectivity index (χ2n) is 4.40. The Morgan fingerprint density at radius 1 is 1.50 bits per heavy atom. The molecule has 0 fully saturated rings. The van der Waals surface area contributed by atoms with Crippen molar-refractivity contribution in [3.05, 3.63) is 21.7 Å². The Morgan fingerprint density at radius 2 is 2.25 bits per heavy atom. The minimum absolute atomic E-state index is 0.0177. The summed E-state index contributed by atoms with van der Waals surface area (Å²) in [5.74, 6) is 0.380. The fraction of sp³-hybridized carbons (Fsp3) is 0.583. The highest BCUT2D eigenvalue weighted by Crippen LogP contribution is 2.27. The molecule has 0 spiro atoms. The second kappa shape index (κ2) is 6.67. The number of aromatic nitrogens is 2. The number of thiazole rings is 1. The summed E-state index contributed by atoms with van der Waals surface area (Å²) in [6.07, 6.45) is 2.61. The van der Waals surface area contributed by atoms with Crippen molar-refractivity contribution >= 4 is 27.9 Å². The third-order valence-corrected chi connectivity index (χ3v) is 4.00. The molecule has 0 atom stereocenters. The number of anilines is 1. The predicted molar refractivity (Wildman–Crippen MR) is 80.6 cm³/mol. The minimum atomic E-state index is -0.389. The molecule has 0 radical (unpaired) electrons. The Balaban J connectivity index is 1.97. The van der Waals surface area contributed by atoms with Crippen LogP contribution in [-0.2, 0) is 0 Å². The molecule has 0 aromatic carbocycles. The van der Waals surface area contributed by atoms with Gasteiger partial charge in [0.25, 0.3) is 4.96 Å². The van der Waals surface area contributed by atoms with Crippen molar-refractivity contribution in [2.75, 3.05) is 31.5 Å². The van der Waals surface area contributed by atoms with E-state index in [9.17, 15) is 10.1 Å². The molecule has 0 aliphatic heterocycles. The highest BCUT2D eigenvalue weighted by Gasteiger charge is 2.22. The SMILES string of the molecule is CCN(CC)CCCNc1nc2sccn2c1[N+](=O)[O-]. The van der Waals surface area contributed by atoms with Crippen molar-refractivity contribution in [2.24, 2.45) is 0 Å². The zero-order valence-corrected chi connectivity index (χ0v) is 12.5. The minimum Gasteiger partial charge on any atom is -0.363 e. The van der Waals surface area contributed by atoms with Gasteiger partial charge in [-0.25, -0.2) is 0 Å². The van der Waals surface area contributed by atoms with E-state index >= 15 is 0 Å². The standard InChI is InChI=1S/C12H19N5O2S/c1-3-15(4-2)7-5-6-13-10-11(17(18)19)16-8-9-20-12(16)14-10/h8-9,13H,3-7H2,1-2H3. The lowest BCUT2D eigenvalue weighted by molar-refractivity contribution is -0.389. The van der Waals surface area contributed by atoms with Gasteiger partial charge in [0.15, 0.2) is 0 Å². The first-order valence-corrected chi connectivity index (χ1v) is 7.61. The van der Waals surface area contributed by atoms with E-state index in [0.29, 0.717) is 17.3 Å². The van der Waals surface area contributed by atoms with Gasteiger partial charge in [-0.1, -0.05) is 25.2 Å². The molecule has 0 amide bonds. The summed E-state index contributed by atoms with van der Waals surface area (Å²) in [7, 11) is 0. The summed E-state index contributed by atoms with van der Waals surface area (Å²) in [4.78, 5) is 18.0. The van der Waals surface area contributed by atoms with Crippen LogP contribution in [0.15, 0.2) is 11.6 Å². The molecule has 0 aliphatic rings. The number of imidazole rings is 1. The molecule has 0 unspecified atom stereocenters. The highest BCUT2D eigenvalue weighted by atomic mass is 32.1. The van der Waals surface area contributed by atoms with Crippen LogP contribution in [0.4, 0.5) is 11.6 Å². The van der Waals surface area contributed by atoms with E-state index in [1.807, 2.05) is 0 Å². The summed E-state index contributed by atoms with van der Waals surface area (Å²) in [5, 5.41) is 16.0. The van der Waals surface area contributed by atoms with Crippen LogP contribution in [0.3, 0.4) is 0 Å². The zero-order chi connectivity index (χ0) is 14.5. The fourth-order valence-electron chi connectivity index (χ4n) is 2.12. The first kappa shape index (κ1) is 14.7. The van der Waals surface area contributed by atoms with Gasteiger partial charge in [-0.05, 0) is 31.0 Å². The summed E-state index contributed by atoms with van der Waals surface area (Å²) < 4.78 is 1.51. The van der Waals surface area contributed by atoms with Gasteiger partial charge in [-0.2, -0.15) is 9.38 Å². The van der Waals surface area contributed by atoms with E-state index in [0.717, 1.165) is 26.1 Å². The average molecular weight is 297 g/mol. The Morgan fingerprint density at radius 3 is 2.90 bits per heavy atom. The maximum atomic E-state index is 11.1. The van der Waals surface area contributed by atoms with Crippen LogP contribution in [0.1, 0.15) is 20.3 Å². The number of nitro groups is 1. The topological polar surface area (TPSA) is 75.7 Å². The highest BCUT2D eigenvalue weighted by molar-refractivity contribution is 7.15. The molecule has 0 saturated carbocycles. The molecule has 1 N–H and O–H groups in total. The van der Waals surface area contributed by atoms with E-state index in [4.69, 9.17) is 0 Å². The van der Waals surface area contributed by atoms with E-state index < -0.39 is 0 Å². The summed E-state index contributed by atoms with van der Waals surface area (Å²) in [6, 6.07) is 0. The number of hydrogen-bond donors (Lipinski definition) is 1. The molecule has 2 rings (SSSR count). The van der Waals surface area contributed by atoms with Gasteiger partial charge in [-0.3, -0.25) is 0 Å². The normalized spacial score (nSPS) is 11.3. The van der Waals surface area contributed by atoms with E-state index in [1.54, 1.807) is 11.6 Å². The molecule has 2 aromatic rings. The van der Waals surface area contributed by atoms with Crippen molar-refractivity contribution in [3.8, 4) is 0 Å². The predicted octanol–water partition coefficient (Wildman–Crippen LogP) is 2.45. The molecule has 8 heteroatoms. The van der Waals surface area contributed by atoms with Crippen molar-refractivity contribution in [2.45, 2.75) is 20.3 Å². The summed E-state index contributed by atoms with van der Waals surface area (Å²) in [5.41, 5.74) is 0. The molecule has 0 aliphatic carbocycles. The van der Waals surface area contributed by atoms with Crippen LogP contribution < -0.4 is 5.32 Å². The molecule has 110 valence electrons. The number of nitrogens with zero attached hydrogens (tertiary/aromatic N) is 4. The molecule has 2 aromatic heterocycles. The molecule has 0 saturated heterocycles. The molecular formula is C12H19N5O2S. The lowest BCUT2D eigenvalue weighted by Gasteiger charge is -2.17. The lowest BCUT2D eigenvalue weighted by atomic mass is 10.3. The first-order chi connectivity index (χ1) is 9.67. The number of nitrogens with one attached hydrogen (secondary N) is 1. The smallest absolute Gasteiger partial charge is 0.363 e. The summed E-state index contributed by atoms with van der Waals surface area (Å²) >= 11 is 1.39. The molecule has 7 nitrogen and oxygen atoms in total. The van der Waals surface area contributed by atoms with E-state index in [1.165, 1.54) is 15.7 Å². The van der Waals surface area contributed by atoms with Gasteiger partial charge in [0.05, 0.1) is 0 Å². The quantitative estimate of drug-likeness (QED) is 0.460. The monoisotopic (exact) mass is 297 g/mol. The van der Waals surface area contributed by atoms with Crippen molar-refractivity contribution < 1.29 is 4.92 Å². The van der Waals surface area contributed by atoms with Crippen molar-refractivity contribution in [3.63, 3.8) is 0 Å². The summed E-state index contributed by atoms with van der Waals surface area (Å²) in [6.45, 7) is 7.97. The average Bonchev–Trinajstić information content (AvgIpc) is 2.98. The Kier molecular flexibility index (Phi) is 4.91. The van der Waals surface area contributed by atoms with Crippen LogP contribution in [0.5, 0.6) is 0 Å². The Labute approximate surface area is 121 Å². The number of rotatable bonds is 8. The van der Waals surface area contributed by atoms with Gasteiger partial charge >= 0.3 is 5.82 Å². The number of hydrogen-bond acceptors (Lipinski definition) is 6. The Hall–Kier alpha value is -1.67. The van der Waals surface area contributed by atoms with Crippen LogP contribution >= 0.6 is 11.3 Å². The third-order valence-electron chi connectivity index (χ3n) is 3.25. The van der Waals surface area contributed by atoms with Crippen LogP contribution in [0, 0.1) is 10.1 Å². The zero-order valence-electron chi connectivity index (χ0n) is 11.7. The van der Waals surface area contributed by atoms with E-state index in [-0.39, 0.29) is 10.7 Å². The van der Waals surface area contributed by atoms with Crippen LogP contribution in [-0.4, -0.2) is 45.4 Å². The van der Waals surface area contributed by atoms with Gasteiger partial charge < -0.3 is 20.3 Å². The largest absolute Gasteiger partial charge is 0.372 e. The molecular weight excluding hydrogens is 278 g/mol. The van der Waals surface area contributed by atoms with Gasteiger partial charge in [0.2, 0.25) is 5.82 Å². The molecule has 2 heterocycles. The fourth-order valence-corrected chi connectivity index (χ4v) is 2.83. The van der Waals surface area contributed by atoms with Crippen LogP contribution in [0.25, 0.3) is 4.96 Å². The molecule has 20 heavy (non-hydrogen) atoms. The second-order valence-corrected chi connectivity index (χ2v) is 5.28. The van der Waals surface area contributed by atoms with E-state index in [2.05, 4.69) is 29.0 Å². The molecule has 0 bridgehead atoms. The van der Waals surface area contributed by atoms with Gasteiger partial charge in [0.1, 0.15) is 6.20 Å². The Bertz CT molecular complexity index is 575. The first-order valence-electron chi connectivity index (χ1n) is 6.73. The maximum Gasteiger partial charge on any atom is 0.372 e. The van der Waals surface area contributed by atoms with Gasteiger partial charge in [-0.15, -0.1) is 0 Å². The van der Waals surface area contributed by atoms with Crippen LogP contribution in [0.2, 0.25) is 0 Å². The number of fused-ring (bicyclic) bond motifs is 1. The van der Waals surface area contributed by atoms with Gasteiger partial charge in [0, 0.05) is 11.9 Å².